The largest absolute Gasteiger partial charge is 0.465 e. The highest BCUT2D eigenvalue weighted by atomic mass is 32.1. The minimum atomic E-state index is -0.544. The number of anilines is 1. The molecule has 3 rings (SSSR count). The third-order valence-corrected chi connectivity index (χ3v) is 5.58. The Bertz CT molecular complexity index is 997. The number of rotatable bonds is 5. The maximum atomic E-state index is 13.2. The number of carbonyl (C=O) groups excluding carboxylic acids is 2. The summed E-state index contributed by atoms with van der Waals surface area (Å²) in [5.41, 5.74) is 2.46. The number of esters is 1. The van der Waals surface area contributed by atoms with E-state index in [4.69, 9.17) is 4.74 Å². The Labute approximate surface area is 167 Å². The van der Waals surface area contributed by atoms with Gasteiger partial charge in [0.1, 0.15) is 15.9 Å². The molecule has 1 heterocycles. The second-order valence-electron chi connectivity index (χ2n) is 6.11. The van der Waals surface area contributed by atoms with Gasteiger partial charge in [0, 0.05) is 0 Å². The van der Waals surface area contributed by atoms with Crippen molar-refractivity contribution in [3.05, 3.63) is 87.8 Å². The average Bonchev–Trinajstić information content (AvgIpc) is 3.04. The number of ether oxygens (including phenoxy) is 1. The fourth-order valence-corrected chi connectivity index (χ4v) is 4.07. The van der Waals surface area contributed by atoms with Crippen LogP contribution in [0.1, 0.15) is 37.8 Å². The summed E-state index contributed by atoms with van der Waals surface area (Å²) in [5.74, 6) is -1.34. The molecule has 0 aliphatic rings. The molecule has 0 saturated heterocycles. The van der Waals surface area contributed by atoms with Gasteiger partial charge < -0.3 is 10.1 Å². The third-order valence-electron chi connectivity index (χ3n) is 4.39. The lowest BCUT2D eigenvalue weighted by atomic mass is 9.90. The van der Waals surface area contributed by atoms with Gasteiger partial charge in [-0.2, -0.15) is 5.26 Å². The molecule has 0 unspecified atom stereocenters. The van der Waals surface area contributed by atoms with Gasteiger partial charge in [-0.1, -0.05) is 60.7 Å². The number of methoxy groups -OCH3 is 1. The summed E-state index contributed by atoms with van der Waals surface area (Å²) >= 11 is 1.05. The molecular weight excluding hydrogens is 372 g/mol. The highest BCUT2D eigenvalue weighted by molar-refractivity contribution is 7.18. The SMILES string of the molecule is COC(=O)c1sc(NC(=O)C(c2ccccc2)c2ccccc2)c(C#N)c1C. The number of nitrogens with one attached hydrogen (secondary N) is 1. The van der Waals surface area contributed by atoms with Crippen molar-refractivity contribution in [3.8, 4) is 6.07 Å². The van der Waals surface area contributed by atoms with Gasteiger partial charge in [-0.25, -0.2) is 4.79 Å². The number of nitrogens with zero attached hydrogens (tertiary/aromatic N) is 1. The Morgan fingerprint density at radius 1 is 1.04 bits per heavy atom. The Balaban J connectivity index is 2.00. The zero-order chi connectivity index (χ0) is 20.1. The normalized spacial score (nSPS) is 10.4. The molecule has 28 heavy (non-hydrogen) atoms. The summed E-state index contributed by atoms with van der Waals surface area (Å²) in [4.78, 5) is 25.5. The lowest BCUT2D eigenvalue weighted by molar-refractivity contribution is -0.116. The van der Waals surface area contributed by atoms with Crippen LogP contribution < -0.4 is 5.32 Å². The molecule has 0 spiro atoms. The Kier molecular flexibility index (Phi) is 5.87. The summed E-state index contributed by atoms with van der Waals surface area (Å²) in [6.07, 6.45) is 0. The number of hydrogen-bond acceptors (Lipinski definition) is 5. The van der Waals surface area contributed by atoms with Crippen LogP contribution in [-0.4, -0.2) is 19.0 Å². The fourth-order valence-electron chi connectivity index (χ4n) is 2.99. The fraction of sp³-hybridized carbons (Fsp3) is 0.136. The molecule has 3 aromatic rings. The van der Waals surface area contributed by atoms with Crippen LogP contribution in [0.25, 0.3) is 0 Å². The van der Waals surface area contributed by atoms with Gasteiger partial charge in [-0.05, 0) is 23.6 Å². The van der Waals surface area contributed by atoms with Gasteiger partial charge in [-0.15, -0.1) is 11.3 Å². The summed E-state index contributed by atoms with van der Waals surface area (Å²) in [5, 5.41) is 12.7. The maximum absolute atomic E-state index is 13.2. The zero-order valence-electron chi connectivity index (χ0n) is 15.4. The van der Waals surface area contributed by atoms with Gasteiger partial charge in [0.2, 0.25) is 5.91 Å². The second kappa shape index (κ2) is 8.51. The predicted octanol–water partition coefficient (Wildman–Crippen LogP) is 4.49. The van der Waals surface area contributed by atoms with Crippen molar-refractivity contribution in [2.45, 2.75) is 12.8 Å². The smallest absolute Gasteiger partial charge is 0.348 e. The monoisotopic (exact) mass is 390 g/mol. The van der Waals surface area contributed by atoms with Crippen LogP contribution in [-0.2, 0) is 9.53 Å². The van der Waals surface area contributed by atoms with E-state index >= 15 is 0 Å². The van der Waals surface area contributed by atoms with E-state index in [1.54, 1.807) is 6.92 Å². The molecule has 0 bridgehead atoms. The van der Waals surface area contributed by atoms with E-state index in [-0.39, 0.29) is 11.5 Å². The summed E-state index contributed by atoms with van der Waals surface area (Å²) in [7, 11) is 1.28. The molecule has 0 radical (unpaired) electrons. The van der Waals surface area contributed by atoms with Crippen molar-refractivity contribution in [1.29, 1.82) is 5.26 Å². The van der Waals surface area contributed by atoms with E-state index in [0.29, 0.717) is 15.4 Å². The molecule has 140 valence electrons. The quantitative estimate of drug-likeness (QED) is 0.651. The third kappa shape index (κ3) is 3.80. The van der Waals surface area contributed by atoms with Crippen molar-refractivity contribution in [2.24, 2.45) is 0 Å². The number of amides is 1. The lowest BCUT2D eigenvalue weighted by Crippen LogP contribution is -2.22. The molecule has 5 nitrogen and oxygen atoms in total. The van der Waals surface area contributed by atoms with E-state index in [9.17, 15) is 14.9 Å². The molecule has 1 amide bonds. The summed E-state index contributed by atoms with van der Waals surface area (Å²) in [6, 6.07) is 20.9. The first-order valence-electron chi connectivity index (χ1n) is 8.59. The number of benzene rings is 2. The van der Waals surface area contributed by atoms with Crippen molar-refractivity contribution in [3.63, 3.8) is 0 Å². The lowest BCUT2D eigenvalue weighted by Gasteiger charge is -2.17. The Morgan fingerprint density at radius 3 is 2.04 bits per heavy atom. The molecule has 6 heteroatoms. The molecule has 0 saturated carbocycles. The van der Waals surface area contributed by atoms with Crippen molar-refractivity contribution in [1.82, 2.24) is 0 Å². The maximum Gasteiger partial charge on any atom is 0.348 e. The molecule has 0 aliphatic carbocycles. The van der Waals surface area contributed by atoms with Gasteiger partial charge in [-0.3, -0.25) is 4.79 Å². The van der Waals surface area contributed by atoms with Gasteiger partial charge >= 0.3 is 5.97 Å². The highest BCUT2D eigenvalue weighted by Gasteiger charge is 2.26. The Hall–Kier alpha value is -3.43. The van der Waals surface area contributed by atoms with Crippen LogP contribution in [0.5, 0.6) is 0 Å². The molecule has 0 aliphatic heterocycles. The predicted molar refractivity (Wildman–Crippen MR) is 108 cm³/mol. The molecule has 0 atom stereocenters. The van der Waals surface area contributed by atoms with Crippen LogP contribution in [0, 0.1) is 18.3 Å². The van der Waals surface area contributed by atoms with Crippen molar-refractivity contribution < 1.29 is 14.3 Å². The van der Waals surface area contributed by atoms with E-state index < -0.39 is 11.9 Å². The van der Waals surface area contributed by atoms with Crippen LogP contribution in [0.2, 0.25) is 0 Å². The second-order valence-corrected chi connectivity index (χ2v) is 7.13. The summed E-state index contributed by atoms with van der Waals surface area (Å²) < 4.78 is 4.77. The van der Waals surface area contributed by atoms with Crippen molar-refractivity contribution in [2.75, 3.05) is 12.4 Å². The first-order chi connectivity index (χ1) is 13.6. The minimum Gasteiger partial charge on any atom is -0.465 e. The molecule has 1 N–H and O–H groups in total. The molecule has 1 aromatic heterocycles. The standard InChI is InChI=1S/C22H18N2O3S/c1-14-17(13-23)21(28-19(14)22(26)27-2)24-20(25)18(15-9-5-3-6-10-15)16-11-7-4-8-12-16/h3-12,18H,1-2H3,(H,24,25). The molecular formula is C22H18N2O3S. The van der Waals surface area contributed by atoms with Gasteiger partial charge in [0.15, 0.2) is 0 Å². The average molecular weight is 390 g/mol. The zero-order valence-corrected chi connectivity index (χ0v) is 16.2. The first kappa shape index (κ1) is 19.3. The first-order valence-corrected chi connectivity index (χ1v) is 9.41. The summed E-state index contributed by atoms with van der Waals surface area (Å²) in [6.45, 7) is 1.67. The topological polar surface area (TPSA) is 79.2 Å². The Morgan fingerprint density at radius 2 is 1.57 bits per heavy atom. The number of hydrogen-bond donors (Lipinski definition) is 1. The van der Waals surface area contributed by atoms with Crippen LogP contribution in [0.15, 0.2) is 60.7 Å². The van der Waals surface area contributed by atoms with Crippen LogP contribution in [0.3, 0.4) is 0 Å². The van der Waals surface area contributed by atoms with Gasteiger partial charge in [0.05, 0.1) is 18.6 Å². The van der Waals surface area contributed by atoms with E-state index in [2.05, 4.69) is 11.4 Å². The molecule has 2 aromatic carbocycles. The van der Waals surface area contributed by atoms with Crippen molar-refractivity contribution >= 4 is 28.2 Å². The molecule has 0 fully saturated rings. The number of thiophene rings is 1. The van der Waals surface area contributed by atoms with Crippen LogP contribution in [0.4, 0.5) is 5.00 Å². The van der Waals surface area contributed by atoms with Crippen LogP contribution >= 0.6 is 11.3 Å². The van der Waals surface area contributed by atoms with Gasteiger partial charge in [0.25, 0.3) is 0 Å². The van der Waals surface area contributed by atoms with E-state index in [1.807, 2.05) is 60.7 Å². The minimum absolute atomic E-state index is 0.272. The number of nitriles is 1. The van der Waals surface area contributed by atoms with E-state index in [1.165, 1.54) is 7.11 Å². The highest BCUT2D eigenvalue weighted by Crippen LogP contribution is 2.34. The van der Waals surface area contributed by atoms with E-state index in [0.717, 1.165) is 22.5 Å². The number of carbonyl (C=O) groups is 2.